The topological polar surface area (TPSA) is 36.2 Å². The van der Waals surface area contributed by atoms with E-state index in [0.29, 0.717) is 5.71 Å². The number of benzene rings is 1. The van der Waals surface area contributed by atoms with Gasteiger partial charge in [0.1, 0.15) is 0 Å². The van der Waals surface area contributed by atoms with Crippen molar-refractivity contribution in [3.8, 4) is 0 Å². The molecule has 0 bridgehead atoms. The van der Waals surface area contributed by atoms with Crippen molar-refractivity contribution in [3.63, 3.8) is 0 Å². The van der Waals surface area contributed by atoms with Crippen LogP contribution in [0.4, 0.5) is 5.69 Å². The minimum atomic E-state index is 0.645. The molecule has 1 aliphatic heterocycles. The van der Waals surface area contributed by atoms with Gasteiger partial charge in [0.15, 0.2) is 0 Å². The lowest BCUT2D eigenvalue weighted by Crippen LogP contribution is -2.02. The smallest absolute Gasteiger partial charge is 0.0692 e. The van der Waals surface area contributed by atoms with E-state index < -0.39 is 0 Å². The molecule has 3 rings (SSSR count). The Morgan fingerprint density at radius 3 is 2.81 bits per heavy atom. The van der Waals surface area contributed by atoms with E-state index in [9.17, 15) is 0 Å². The summed E-state index contributed by atoms with van der Waals surface area (Å²) < 4.78 is 1.26. The van der Waals surface area contributed by atoms with Gasteiger partial charge in [-0.1, -0.05) is 17.7 Å². The minimum Gasteiger partial charge on any atom is -0.300 e. The third-order valence-corrected chi connectivity index (χ3v) is 5.60. The normalized spacial score (nSPS) is 17.2. The first-order valence-electron chi connectivity index (χ1n) is 6.83. The van der Waals surface area contributed by atoms with Crippen molar-refractivity contribution in [1.82, 2.24) is 0 Å². The maximum absolute atomic E-state index is 8.36. The first kappa shape index (κ1) is 14.3. The zero-order valence-electron chi connectivity index (χ0n) is 11.8. The molecule has 2 nitrogen and oxygen atoms in total. The second-order valence-corrected chi connectivity index (χ2v) is 7.18. The molecule has 0 atom stereocenters. The highest BCUT2D eigenvalue weighted by atomic mass is 32.2. The summed E-state index contributed by atoms with van der Waals surface area (Å²) in [5.74, 6) is 1.03. The molecule has 0 saturated heterocycles. The second-order valence-electron chi connectivity index (χ2n) is 4.90. The van der Waals surface area contributed by atoms with Gasteiger partial charge in [-0.25, -0.2) is 0 Å². The number of rotatable bonds is 2. The van der Waals surface area contributed by atoms with Crippen LogP contribution in [-0.4, -0.2) is 17.7 Å². The molecule has 0 spiro atoms. The van der Waals surface area contributed by atoms with Crippen molar-refractivity contribution in [2.24, 2.45) is 4.99 Å². The number of fused-ring (bicyclic) bond motifs is 1. The lowest BCUT2D eigenvalue weighted by molar-refractivity contribution is 1.19. The molecule has 1 aromatic heterocycles. The van der Waals surface area contributed by atoms with Crippen LogP contribution in [0, 0.1) is 12.3 Å². The average Bonchev–Trinajstić information content (AvgIpc) is 2.90. The van der Waals surface area contributed by atoms with Crippen molar-refractivity contribution in [1.29, 1.82) is 5.41 Å². The summed E-state index contributed by atoms with van der Waals surface area (Å²) in [7, 11) is 0. The van der Waals surface area contributed by atoms with Gasteiger partial charge in [0.2, 0.25) is 0 Å². The number of aliphatic imine (C=N–C) groups is 1. The molecule has 0 aliphatic carbocycles. The SMILES string of the molecule is Cc1ccc(N=C/C=C2/CCSc3sccc3C2=N)cc1. The molecular formula is C17H16N2S2. The van der Waals surface area contributed by atoms with Gasteiger partial charge in [-0.05, 0) is 48.6 Å². The van der Waals surface area contributed by atoms with E-state index in [4.69, 9.17) is 5.41 Å². The van der Waals surface area contributed by atoms with Crippen LogP contribution in [0.5, 0.6) is 0 Å². The quantitative estimate of drug-likeness (QED) is 0.755. The maximum atomic E-state index is 8.36. The van der Waals surface area contributed by atoms with Gasteiger partial charge in [0, 0.05) is 17.5 Å². The second kappa shape index (κ2) is 6.41. The van der Waals surface area contributed by atoms with E-state index in [2.05, 4.69) is 29.4 Å². The Kier molecular flexibility index (Phi) is 4.36. The van der Waals surface area contributed by atoms with Gasteiger partial charge < -0.3 is 0 Å². The highest BCUT2D eigenvalue weighted by Gasteiger charge is 2.17. The summed E-state index contributed by atoms with van der Waals surface area (Å²) in [4.78, 5) is 4.45. The summed E-state index contributed by atoms with van der Waals surface area (Å²) in [6.45, 7) is 2.07. The number of thioether (sulfide) groups is 1. The Bertz CT molecular complexity index is 709. The third-order valence-electron chi connectivity index (χ3n) is 3.36. The van der Waals surface area contributed by atoms with Crippen LogP contribution in [-0.2, 0) is 0 Å². The standard InChI is InChI=1S/C17H16N2S2/c1-12-2-4-14(5-3-12)19-9-6-13-7-10-20-17-15(16(13)18)8-11-21-17/h2-6,8-9,11,18H,7,10H2,1H3/b13-6-,18-16?,19-9?. The number of hydrogen-bond acceptors (Lipinski definition) is 4. The highest BCUT2D eigenvalue weighted by molar-refractivity contribution is 8.01. The molecule has 106 valence electrons. The summed E-state index contributed by atoms with van der Waals surface area (Å²) >= 11 is 3.58. The van der Waals surface area contributed by atoms with E-state index >= 15 is 0 Å². The molecule has 0 radical (unpaired) electrons. The van der Waals surface area contributed by atoms with Gasteiger partial charge in [0.25, 0.3) is 0 Å². The summed E-state index contributed by atoms with van der Waals surface area (Å²) in [5.41, 5.74) is 4.96. The Balaban J connectivity index is 1.80. The fraction of sp³-hybridized carbons (Fsp3) is 0.176. The summed E-state index contributed by atoms with van der Waals surface area (Å²) in [6, 6.07) is 10.2. The predicted molar refractivity (Wildman–Crippen MR) is 93.9 cm³/mol. The van der Waals surface area contributed by atoms with E-state index in [0.717, 1.165) is 29.0 Å². The van der Waals surface area contributed by atoms with Crippen LogP contribution < -0.4 is 0 Å². The van der Waals surface area contributed by atoms with Crippen molar-refractivity contribution < 1.29 is 0 Å². The molecule has 1 N–H and O–H groups in total. The first-order chi connectivity index (χ1) is 10.2. The molecule has 21 heavy (non-hydrogen) atoms. The lowest BCUT2D eigenvalue weighted by atomic mass is 10.0. The molecule has 1 aromatic carbocycles. The largest absolute Gasteiger partial charge is 0.300 e. The van der Waals surface area contributed by atoms with Crippen LogP contribution in [0.2, 0.25) is 0 Å². The zero-order valence-corrected chi connectivity index (χ0v) is 13.4. The van der Waals surface area contributed by atoms with Gasteiger partial charge in [0.05, 0.1) is 15.6 Å². The number of nitrogens with zero attached hydrogens (tertiary/aromatic N) is 1. The van der Waals surface area contributed by atoms with E-state index in [1.165, 1.54) is 9.77 Å². The first-order valence-corrected chi connectivity index (χ1v) is 8.70. The van der Waals surface area contributed by atoms with Crippen LogP contribution in [0.1, 0.15) is 17.5 Å². The number of nitrogens with one attached hydrogen (secondary N) is 1. The Morgan fingerprint density at radius 1 is 1.19 bits per heavy atom. The summed E-state index contributed by atoms with van der Waals surface area (Å²) in [5, 5.41) is 10.4. The monoisotopic (exact) mass is 312 g/mol. The van der Waals surface area contributed by atoms with Crippen LogP contribution >= 0.6 is 23.1 Å². The van der Waals surface area contributed by atoms with Gasteiger partial charge in [-0.2, -0.15) is 0 Å². The van der Waals surface area contributed by atoms with Crippen LogP contribution in [0.3, 0.4) is 0 Å². The number of aryl methyl sites for hydroxylation is 1. The Morgan fingerprint density at radius 2 is 2.00 bits per heavy atom. The van der Waals surface area contributed by atoms with Crippen molar-refractivity contribution >= 4 is 40.7 Å². The Labute approximate surface area is 133 Å². The molecule has 2 aromatic rings. The fourth-order valence-corrected chi connectivity index (χ4v) is 4.30. The van der Waals surface area contributed by atoms with Gasteiger partial charge in [-0.15, -0.1) is 23.1 Å². The minimum absolute atomic E-state index is 0.645. The lowest BCUT2D eigenvalue weighted by Gasteiger charge is -2.02. The zero-order chi connectivity index (χ0) is 14.7. The van der Waals surface area contributed by atoms with Crippen LogP contribution in [0.25, 0.3) is 0 Å². The van der Waals surface area contributed by atoms with E-state index in [1.807, 2.05) is 42.3 Å². The predicted octanol–water partition coefficient (Wildman–Crippen LogP) is 5.25. The molecule has 0 fully saturated rings. The van der Waals surface area contributed by atoms with Gasteiger partial charge >= 0.3 is 0 Å². The molecule has 4 heteroatoms. The molecule has 0 amide bonds. The number of allylic oxidation sites excluding steroid dienone is 2. The molecule has 0 unspecified atom stereocenters. The van der Waals surface area contributed by atoms with Crippen molar-refractivity contribution in [2.45, 2.75) is 17.6 Å². The third kappa shape index (κ3) is 3.34. The molecule has 2 heterocycles. The molecule has 0 saturated carbocycles. The van der Waals surface area contributed by atoms with Crippen LogP contribution in [0.15, 0.2) is 56.6 Å². The summed E-state index contributed by atoms with van der Waals surface area (Å²) in [6.07, 6.45) is 4.72. The van der Waals surface area contributed by atoms with E-state index in [-0.39, 0.29) is 0 Å². The molecular weight excluding hydrogens is 296 g/mol. The van der Waals surface area contributed by atoms with Crippen molar-refractivity contribution in [2.75, 3.05) is 5.75 Å². The molecule has 1 aliphatic rings. The average molecular weight is 312 g/mol. The maximum Gasteiger partial charge on any atom is 0.0692 e. The number of hydrogen-bond donors (Lipinski definition) is 1. The van der Waals surface area contributed by atoms with Gasteiger partial charge in [-0.3, -0.25) is 10.4 Å². The highest BCUT2D eigenvalue weighted by Crippen LogP contribution is 2.35. The number of thiophene rings is 1. The Hall–Kier alpha value is -1.65. The fourth-order valence-electron chi connectivity index (χ4n) is 2.16. The van der Waals surface area contributed by atoms with Crippen molar-refractivity contribution in [3.05, 3.63) is 58.5 Å². The van der Waals surface area contributed by atoms with E-state index in [1.54, 1.807) is 11.3 Å².